The van der Waals surface area contributed by atoms with E-state index in [9.17, 15) is 8.78 Å². The molecule has 1 aromatic heterocycles. The van der Waals surface area contributed by atoms with E-state index in [1.54, 1.807) is 12.1 Å². The van der Waals surface area contributed by atoms with Gasteiger partial charge in [0.05, 0.1) is 0 Å². The summed E-state index contributed by atoms with van der Waals surface area (Å²) in [5.41, 5.74) is 2.52. The van der Waals surface area contributed by atoms with Crippen LogP contribution in [0, 0.1) is 11.6 Å². The molecule has 3 aromatic rings. The molecule has 0 nitrogen and oxygen atoms in total. The number of rotatable bonds is 4. The molecule has 0 bridgehead atoms. The summed E-state index contributed by atoms with van der Waals surface area (Å²) in [6.07, 6.45) is 1.82. The minimum absolute atomic E-state index is 0.307. The van der Waals surface area contributed by atoms with Crippen molar-refractivity contribution in [1.82, 2.24) is 0 Å². The summed E-state index contributed by atoms with van der Waals surface area (Å²) in [5, 5.41) is 0. The van der Waals surface area contributed by atoms with Crippen LogP contribution in [0.5, 0.6) is 0 Å². The maximum atomic E-state index is 14.5. The van der Waals surface area contributed by atoms with Crippen molar-refractivity contribution in [1.29, 1.82) is 0 Å². The predicted octanol–water partition coefficient (Wildman–Crippen LogP) is 6.49. The van der Waals surface area contributed by atoms with Gasteiger partial charge in [0.15, 0.2) is 11.6 Å². The summed E-state index contributed by atoms with van der Waals surface area (Å²) >= 11 is 1.51. The fraction of sp³-hybridized carbons (Fsp3) is 0.200. The van der Waals surface area contributed by atoms with E-state index < -0.39 is 11.6 Å². The van der Waals surface area contributed by atoms with Gasteiger partial charge >= 0.3 is 0 Å². The van der Waals surface area contributed by atoms with E-state index in [0.717, 1.165) is 17.7 Å². The quantitative estimate of drug-likeness (QED) is 0.514. The number of hydrogen-bond acceptors (Lipinski definition) is 1. The molecule has 0 aliphatic heterocycles. The van der Waals surface area contributed by atoms with E-state index in [0.29, 0.717) is 16.7 Å². The molecule has 0 aliphatic carbocycles. The Hall–Kier alpha value is -2.00. The summed E-state index contributed by atoms with van der Waals surface area (Å²) in [6.45, 7) is 4.12. The molecule has 118 valence electrons. The van der Waals surface area contributed by atoms with Crippen LogP contribution in [0.25, 0.3) is 21.6 Å². The van der Waals surface area contributed by atoms with Crippen LogP contribution in [0.1, 0.15) is 24.3 Å². The second kappa shape index (κ2) is 6.63. The van der Waals surface area contributed by atoms with Crippen LogP contribution in [0.15, 0.2) is 48.5 Å². The first-order valence-corrected chi connectivity index (χ1v) is 8.62. The third-order valence-corrected chi connectivity index (χ3v) is 5.29. The lowest BCUT2D eigenvalue weighted by molar-refractivity contribution is 0.514. The second-order valence-corrected chi connectivity index (χ2v) is 6.63. The van der Waals surface area contributed by atoms with Gasteiger partial charge in [0.1, 0.15) is 0 Å². The number of halogens is 2. The Kier molecular flexibility index (Phi) is 4.58. The van der Waals surface area contributed by atoms with Gasteiger partial charge in [-0.1, -0.05) is 44.2 Å². The molecule has 0 saturated carbocycles. The number of aryl methyl sites for hydroxylation is 2. The molecular weight excluding hydrogens is 310 g/mol. The highest BCUT2D eigenvalue weighted by Crippen LogP contribution is 2.35. The highest BCUT2D eigenvalue weighted by molar-refractivity contribution is 7.15. The van der Waals surface area contributed by atoms with Crippen molar-refractivity contribution in [2.45, 2.75) is 26.7 Å². The molecule has 3 rings (SSSR count). The van der Waals surface area contributed by atoms with Gasteiger partial charge in [0.25, 0.3) is 0 Å². The monoisotopic (exact) mass is 328 g/mol. The Morgan fingerprint density at radius 1 is 0.739 bits per heavy atom. The maximum absolute atomic E-state index is 14.5. The van der Waals surface area contributed by atoms with E-state index in [2.05, 4.69) is 13.8 Å². The van der Waals surface area contributed by atoms with E-state index in [1.165, 1.54) is 21.8 Å². The van der Waals surface area contributed by atoms with Crippen LogP contribution >= 0.6 is 11.3 Å². The molecule has 3 heteroatoms. The zero-order valence-electron chi connectivity index (χ0n) is 13.2. The molecule has 2 aromatic carbocycles. The minimum atomic E-state index is -0.779. The first-order chi connectivity index (χ1) is 11.1. The van der Waals surface area contributed by atoms with Crippen LogP contribution in [-0.2, 0) is 12.8 Å². The van der Waals surface area contributed by atoms with Crippen molar-refractivity contribution in [2.75, 3.05) is 0 Å². The minimum Gasteiger partial charge on any atom is -0.203 e. The lowest BCUT2D eigenvalue weighted by atomic mass is 10.0. The van der Waals surface area contributed by atoms with Crippen molar-refractivity contribution in [3.8, 4) is 21.6 Å². The molecule has 0 fully saturated rings. The third kappa shape index (κ3) is 3.06. The van der Waals surface area contributed by atoms with Crippen LogP contribution in [0.4, 0.5) is 8.78 Å². The first kappa shape index (κ1) is 15.9. The molecular formula is C20H18F2S. The van der Waals surface area contributed by atoms with Crippen LogP contribution in [-0.4, -0.2) is 0 Å². The van der Waals surface area contributed by atoms with E-state index in [-0.39, 0.29) is 0 Å². The van der Waals surface area contributed by atoms with Gasteiger partial charge in [-0.3, -0.25) is 0 Å². The molecule has 0 radical (unpaired) electrons. The average molecular weight is 328 g/mol. The summed E-state index contributed by atoms with van der Waals surface area (Å²) in [4.78, 5) is 1.94. The standard InChI is InChI=1S/C20H18F2S/c1-3-13-5-7-14(8-6-13)16-10-11-17(20(22)19(16)21)18-12-9-15(4-2)23-18/h5-12H,3-4H2,1-2H3. The molecule has 23 heavy (non-hydrogen) atoms. The van der Waals surface area contributed by atoms with Crippen molar-refractivity contribution < 1.29 is 8.78 Å². The Bertz CT molecular complexity index is 816. The highest BCUT2D eigenvalue weighted by atomic mass is 32.1. The fourth-order valence-electron chi connectivity index (χ4n) is 2.60. The van der Waals surface area contributed by atoms with Gasteiger partial charge in [-0.05, 0) is 42.2 Å². The molecule has 0 atom stereocenters. The zero-order chi connectivity index (χ0) is 16.4. The van der Waals surface area contributed by atoms with Crippen molar-refractivity contribution in [2.24, 2.45) is 0 Å². The number of benzene rings is 2. The van der Waals surface area contributed by atoms with Crippen molar-refractivity contribution in [3.05, 3.63) is 70.6 Å². The molecule has 0 unspecified atom stereocenters. The third-order valence-electron chi connectivity index (χ3n) is 4.03. The van der Waals surface area contributed by atoms with Gasteiger partial charge in [-0.25, -0.2) is 8.78 Å². The normalized spacial score (nSPS) is 11.0. The van der Waals surface area contributed by atoms with Gasteiger partial charge in [-0.2, -0.15) is 0 Å². The maximum Gasteiger partial charge on any atom is 0.168 e. The first-order valence-electron chi connectivity index (χ1n) is 7.80. The average Bonchev–Trinajstić information content (AvgIpc) is 3.06. The van der Waals surface area contributed by atoms with Crippen LogP contribution in [0.2, 0.25) is 0 Å². The smallest absolute Gasteiger partial charge is 0.168 e. The Balaban J connectivity index is 2.02. The molecule has 0 aliphatic rings. The molecule has 0 N–H and O–H groups in total. The van der Waals surface area contributed by atoms with E-state index in [1.807, 2.05) is 36.4 Å². The van der Waals surface area contributed by atoms with Crippen LogP contribution in [0.3, 0.4) is 0 Å². The van der Waals surface area contributed by atoms with E-state index >= 15 is 0 Å². The Morgan fingerprint density at radius 3 is 2.00 bits per heavy atom. The summed E-state index contributed by atoms with van der Waals surface area (Å²) < 4.78 is 29.1. The van der Waals surface area contributed by atoms with Crippen molar-refractivity contribution >= 4 is 11.3 Å². The van der Waals surface area contributed by atoms with Crippen LogP contribution < -0.4 is 0 Å². The fourth-order valence-corrected chi connectivity index (χ4v) is 3.56. The topological polar surface area (TPSA) is 0 Å². The number of hydrogen-bond donors (Lipinski definition) is 0. The molecule has 1 heterocycles. The summed E-state index contributed by atoms with van der Waals surface area (Å²) in [5.74, 6) is -1.55. The zero-order valence-corrected chi connectivity index (χ0v) is 14.0. The largest absolute Gasteiger partial charge is 0.203 e. The number of thiophene rings is 1. The highest BCUT2D eigenvalue weighted by Gasteiger charge is 2.17. The SMILES string of the molecule is CCc1ccc(-c2ccc(-c3ccc(CC)s3)c(F)c2F)cc1. The molecule has 0 spiro atoms. The van der Waals surface area contributed by atoms with Gasteiger partial charge in [0.2, 0.25) is 0 Å². The van der Waals surface area contributed by atoms with Gasteiger partial charge in [-0.15, -0.1) is 11.3 Å². The van der Waals surface area contributed by atoms with E-state index in [4.69, 9.17) is 0 Å². The lowest BCUT2D eigenvalue weighted by Crippen LogP contribution is -1.93. The van der Waals surface area contributed by atoms with Crippen molar-refractivity contribution in [3.63, 3.8) is 0 Å². The Morgan fingerprint density at radius 2 is 1.39 bits per heavy atom. The molecule has 0 amide bonds. The Labute approximate surface area is 139 Å². The predicted molar refractivity (Wildman–Crippen MR) is 93.9 cm³/mol. The van der Waals surface area contributed by atoms with Gasteiger partial charge < -0.3 is 0 Å². The van der Waals surface area contributed by atoms with Gasteiger partial charge in [0, 0.05) is 20.9 Å². The lowest BCUT2D eigenvalue weighted by Gasteiger charge is -2.08. The second-order valence-electron chi connectivity index (χ2n) is 5.46. The summed E-state index contributed by atoms with van der Waals surface area (Å²) in [7, 11) is 0. The molecule has 0 saturated heterocycles. The summed E-state index contributed by atoms with van der Waals surface area (Å²) in [6, 6.07) is 14.8.